The largest absolute Gasteiger partial charge is 0.350 e. The lowest BCUT2D eigenvalue weighted by Gasteiger charge is -2.36. The Balaban J connectivity index is 1.23. The molecule has 49 heavy (non-hydrogen) atoms. The third-order valence-corrected chi connectivity index (χ3v) is 9.86. The van der Waals surface area contributed by atoms with Gasteiger partial charge in [-0.15, -0.1) is 0 Å². The molecule has 0 aliphatic carbocycles. The molecule has 5 atom stereocenters. The van der Waals surface area contributed by atoms with Crippen molar-refractivity contribution in [1.82, 2.24) is 30.8 Å². The first-order valence-corrected chi connectivity index (χ1v) is 18.4. The third kappa shape index (κ3) is 10.1. The minimum absolute atomic E-state index is 0.157. The molecule has 2 aromatic carbocycles. The molecule has 2 aliphatic rings. The molecule has 3 heterocycles. The molecule has 8 N–H and O–H groups in total. The second-order valence-corrected chi connectivity index (χ2v) is 14.5. The number of aromatic nitrogens is 2. The van der Waals surface area contributed by atoms with Crippen molar-refractivity contribution in [2.75, 3.05) is 0 Å². The Morgan fingerprint density at radius 2 is 1.65 bits per heavy atom. The van der Waals surface area contributed by atoms with Gasteiger partial charge < -0.3 is 41.4 Å². The molecule has 15 heteroatoms. The van der Waals surface area contributed by atoms with E-state index in [4.69, 9.17) is 5.73 Å². The number of aromatic amines is 1. The van der Waals surface area contributed by atoms with E-state index in [-0.39, 0.29) is 43.4 Å². The zero-order chi connectivity index (χ0) is 35.0. The van der Waals surface area contributed by atoms with Crippen LogP contribution >= 0.6 is 7.60 Å². The van der Waals surface area contributed by atoms with Gasteiger partial charge in [0.15, 0.2) is 0 Å². The van der Waals surface area contributed by atoms with Crippen LogP contribution in [-0.2, 0) is 49.3 Å². The summed E-state index contributed by atoms with van der Waals surface area (Å²) in [5.41, 5.74) is 8.99. The van der Waals surface area contributed by atoms with E-state index in [1.165, 1.54) is 6.33 Å². The average molecular weight is 694 g/mol. The summed E-state index contributed by atoms with van der Waals surface area (Å²) in [4.78, 5) is 81.5. The van der Waals surface area contributed by atoms with E-state index in [1.54, 1.807) is 35.4 Å². The van der Waals surface area contributed by atoms with Crippen molar-refractivity contribution in [3.63, 3.8) is 0 Å². The molecule has 0 spiro atoms. The summed E-state index contributed by atoms with van der Waals surface area (Å²) >= 11 is 0. The average Bonchev–Trinajstić information content (AvgIpc) is 3.74. The maximum atomic E-state index is 14.0. The van der Waals surface area contributed by atoms with Crippen LogP contribution in [0.4, 0.5) is 0 Å². The van der Waals surface area contributed by atoms with Crippen LogP contribution in [0.25, 0.3) is 0 Å². The van der Waals surface area contributed by atoms with Crippen LogP contribution in [0.1, 0.15) is 60.9 Å². The van der Waals surface area contributed by atoms with Gasteiger partial charge in [-0.3, -0.25) is 23.7 Å². The van der Waals surface area contributed by atoms with Crippen LogP contribution in [0.5, 0.6) is 0 Å². The van der Waals surface area contributed by atoms with E-state index in [9.17, 15) is 33.5 Å². The van der Waals surface area contributed by atoms with Crippen LogP contribution < -0.4 is 21.7 Å². The number of hydrogen-bond acceptors (Lipinski definition) is 7. The number of rotatable bonds is 13. The fourth-order valence-corrected chi connectivity index (χ4v) is 7.26. The third-order valence-electron chi connectivity index (χ3n) is 9.08. The van der Waals surface area contributed by atoms with Crippen LogP contribution in [0, 0.1) is 0 Å². The number of nitrogens with zero attached hydrogens (tertiary/aromatic N) is 2. The Bertz CT molecular complexity index is 1630. The molecule has 1 unspecified atom stereocenters. The molecule has 14 nitrogen and oxygen atoms in total. The fraction of sp³-hybridized carbons (Fsp3) is 0.441. The van der Waals surface area contributed by atoms with Crippen molar-refractivity contribution < 1.29 is 33.5 Å². The zero-order valence-electron chi connectivity index (χ0n) is 27.2. The molecule has 2 saturated heterocycles. The monoisotopic (exact) mass is 693 g/mol. The summed E-state index contributed by atoms with van der Waals surface area (Å²) in [6.45, 7) is 0.288. The number of amides is 4. The van der Waals surface area contributed by atoms with Crippen molar-refractivity contribution in [3.05, 3.63) is 89.5 Å². The van der Waals surface area contributed by atoms with Gasteiger partial charge in [0.05, 0.1) is 18.5 Å². The Morgan fingerprint density at radius 3 is 2.35 bits per heavy atom. The highest BCUT2D eigenvalue weighted by molar-refractivity contribution is 7.50. The summed E-state index contributed by atoms with van der Waals surface area (Å²) in [7, 11) is -4.21. The fourth-order valence-electron chi connectivity index (χ4n) is 6.57. The molecule has 2 fully saturated rings. The second kappa shape index (κ2) is 16.4. The summed E-state index contributed by atoms with van der Waals surface area (Å²) < 4.78 is 11.3. The molecule has 5 rings (SSSR count). The summed E-state index contributed by atoms with van der Waals surface area (Å²) in [6.07, 6.45) is 6.80. The Kier molecular flexibility index (Phi) is 12.0. The molecular formula is C34H44N7O7P. The lowest BCUT2D eigenvalue weighted by atomic mass is 9.98. The quantitative estimate of drug-likeness (QED) is 0.129. The number of carbonyl (C=O) groups excluding carboxylic acids is 4. The number of benzene rings is 2. The molecular weight excluding hydrogens is 649 g/mol. The topological polar surface area (TPSA) is 220 Å². The number of nitrogens with one attached hydrogen (secondary N) is 4. The smallest absolute Gasteiger partial charge is 0.329 e. The number of nitrogens with two attached hydrogens (primary N) is 1. The van der Waals surface area contributed by atoms with Crippen molar-refractivity contribution in [2.24, 2.45) is 5.73 Å². The maximum absolute atomic E-state index is 14.0. The SMILES string of the molecule is N[C@@H](Cc1ccc(CP(=O)(O)O)cc1)C(=O)N[C@H]1CCCCC2CC[C@@H](C(=O)N[C@@H](Cc3cnc[nH]3)C(=O)NCc3ccccc3)N2C1=O. The van der Waals surface area contributed by atoms with Gasteiger partial charge in [0, 0.05) is 30.9 Å². The molecule has 4 amide bonds. The summed E-state index contributed by atoms with van der Waals surface area (Å²) in [5, 5.41) is 8.62. The van der Waals surface area contributed by atoms with Crippen LogP contribution in [0.15, 0.2) is 67.1 Å². The molecule has 0 saturated carbocycles. The minimum atomic E-state index is -4.21. The molecule has 0 radical (unpaired) electrons. The molecule has 1 aromatic heterocycles. The molecule has 2 aliphatic heterocycles. The highest BCUT2D eigenvalue weighted by atomic mass is 31.2. The Morgan fingerprint density at radius 1 is 0.939 bits per heavy atom. The van der Waals surface area contributed by atoms with Gasteiger partial charge in [0.1, 0.15) is 18.1 Å². The maximum Gasteiger partial charge on any atom is 0.329 e. The van der Waals surface area contributed by atoms with Gasteiger partial charge in [0.2, 0.25) is 23.6 Å². The van der Waals surface area contributed by atoms with Crippen molar-refractivity contribution in [3.8, 4) is 0 Å². The van der Waals surface area contributed by atoms with E-state index >= 15 is 0 Å². The van der Waals surface area contributed by atoms with Crippen LogP contribution in [-0.4, -0.2) is 78.5 Å². The zero-order valence-corrected chi connectivity index (χ0v) is 28.1. The van der Waals surface area contributed by atoms with E-state index < -0.39 is 43.6 Å². The standard InChI is InChI=1S/C34H44N7O7P/c35-27(16-22-10-12-24(13-11-22)20-49(46,47)48)31(42)39-28-9-5-4-8-26-14-15-30(41(26)34(28)45)33(44)40-29(17-25-19-36-21-38-25)32(43)37-18-23-6-2-1-3-7-23/h1-3,6-7,10-13,19,21,26-30H,4-5,8-9,14-18,20,35H2,(H,36,38)(H,37,43)(H,39,42)(H,40,44)(H2,46,47,48)/t26?,27-,28-,29-,30-/m0/s1. The predicted octanol–water partition coefficient (Wildman–Crippen LogP) is 1.42. The predicted molar refractivity (Wildman–Crippen MR) is 180 cm³/mol. The highest BCUT2D eigenvalue weighted by Gasteiger charge is 2.44. The second-order valence-electron chi connectivity index (χ2n) is 12.8. The van der Waals surface area contributed by atoms with Crippen molar-refractivity contribution in [2.45, 2.75) is 94.3 Å². The first-order valence-electron chi connectivity index (χ1n) is 16.6. The number of imidazole rings is 1. The van der Waals surface area contributed by atoms with Crippen molar-refractivity contribution in [1.29, 1.82) is 0 Å². The Labute approximate surface area is 284 Å². The minimum Gasteiger partial charge on any atom is -0.350 e. The molecule has 0 bridgehead atoms. The van der Waals surface area contributed by atoms with Gasteiger partial charge in [-0.1, -0.05) is 67.4 Å². The number of hydrogen-bond donors (Lipinski definition) is 7. The van der Waals surface area contributed by atoms with Gasteiger partial charge >= 0.3 is 7.60 Å². The van der Waals surface area contributed by atoms with Crippen LogP contribution in [0.2, 0.25) is 0 Å². The Hall–Kier alpha value is -4.36. The van der Waals surface area contributed by atoms with Gasteiger partial charge in [0.25, 0.3) is 0 Å². The lowest BCUT2D eigenvalue weighted by Crippen LogP contribution is -2.59. The molecule has 3 aromatic rings. The van der Waals surface area contributed by atoms with Gasteiger partial charge in [-0.25, -0.2) is 4.98 Å². The lowest BCUT2D eigenvalue weighted by molar-refractivity contribution is -0.145. The van der Waals surface area contributed by atoms with Crippen molar-refractivity contribution >= 4 is 31.2 Å². The van der Waals surface area contributed by atoms with Gasteiger partial charge in [-0.2, -0.15) is 0 Å². The normalized spacial score (nSPS) is 20.8. The van der Waals surface area contributed by atoms with Crippen LogP contribution in [0.3, 0.4) is 0 Å². The summed E-state index contributed by atoms with van der Waals surface area (Å²) in [5.74, 6) is -1.65. The van der Waals surface area contributed by atoms with Gasteiger partial charge in [-0.05, 0) is 48.8 Å². The first kappa shape index (κ1) is 35.9. The molecule has 262 valence electrons. The highest BCUT2D eigenvalue weighted by Crippen LogP contribution is 2.39. The summed E-state index contributed by atoms with van der Waals surface area (Å²) in [6, 6.07) is 12.2. The number of H-pyrrole nitrogens is 1. The van der Waals surface area contributed by atoms with E-state index in [1.807, 2.05) is 30.3 Å². The number of fused-ring (bicyclic) bond motifs is 1. The number of carbonyl (C=O) groups is 4. The van der Waals surface area contributed by atoms with E-state index in [0.29, 0.717) is 36.1 Å². The first-order chi connectivity index (χ1) is 23.5. The van der Waals surface area contributed by atoms with E-state index in [2.05, 4.69) is 25.9 Å². The van der Waals surface area contributed by atoms with E-state index in [0.717, 1.165) is 24.8 Å².